The highest BCUT2D eigenvalue weighted by atomic mass is 16.5. The molecule has 1 atom stereocenters. The zero-order valence-corrected chi connectivity index (χ0v) is 9.14. The molecule has 0 spiro atoms. The molecule has 2 N–H and O–H groups in total. The number of rotatable bonds is 8. The van der Waals surface area contributed by atoms with Crippen LogP contribution in [0.5, 0.6) is 0 Å². The Morgan fingerprint density at radius 1 is 1.12 bits per heavy atom. The maximum absolute atomic E-state index is 10.7. The second-order valence-corrected chi connectivity index (χ2v) is 3.47. The van der Waals surface area contributed by atoms with Crippen LogP contribution in [0.1, 0.15) is 39.0 Å². The minimum absolute atomic E-state index is 0.0415. The van der Waals surface area contributed by atoms with Crippen molar-refractivity contribution in [2.24, 2.45) is 0 Å². The van der Waals surface area contributed by atoms with E-state index < -0.39 is 24.0 Å². The summed E-state index contributed by atoms with van der Waals surface area (Å²) < 4.78 is 4.80. The van der Waals surface area contributed by atoms with Crippen LogP contribution < -0.4 is 0 Å². The van der Waals surface area contributed by atoms with Crippen LogP contribution in [0.25, 0.3) is 0 Å². The van der Waals surface area contributed by atoms with E-state index in [1.807, 2.05) is 0 Å². The zero-order valence-electron chi connectivity index (χ0n) is 9.14. The molecule has 16 heavy (non-hydrogen) atoms. The van der Waals surface area contributed by atoms with Gasteiger partial charge in [-0.1, -0.05) is 0 Å². The van der Waals surface area contributed by atoms with Crippen molar-refractivity contribution in [1.82, 2.24) is 0 Å². The van der Waals surface area contributed by atoms with Crippen molar-refractivity contribution < 1.29 is 29.3 Å². The van der Waals surface area contributed by atoms with Crippen molar-refractivity contribution in [3.8, 4) is 0 Å². The molecule has 6 nitrogen and oxygen atoms in total. The Morgan fingerprint density at radius 3 is 2.19 bits per heavy atom. The second kappa shape index (κ2) is 7.67. The Bertz CT molecular complexity index is 244. The lowest BCUT2D eigenvalue weighted by molar-refractivity contribution is -0.151. The topological polar surface area (TPSA) is 101 Å². The summed E-state index contributed by atoms with van der Waals surface area (Å²) in [5.74, 6) is -2.45. The van der Waals surface area contributed by atoms with Crippen LogP contribution in [-0.4, -0.2) is 34.2 Å². The van der Waals surface area contributed by atoms with Gasteiger partial charge in [-0.15, -0.1) is 0 Å². The normalized spacial score (nSPS) is 11.8. The van der Waals surface area contributed by atoms with Crippen molar-refractivity contribution >= 4 is 17.9 Å². The van der Waals surface area contributed by atoms with Gasteiger partial charge < -0.3 is 14.9 Å². The number of hydrogen-bond donors (Lipinski definition) is 2. The van der Waals surface area contributed by atoms with Crippen LogP contribution in [0.3, 0.4) is 0 Å². The Hall–Kier alpha value is -1.59. The lowest BCUT2D eigenvalue weighted by Crippen LogP contribution is -2.20. The van der Waals surface area contributed by atoms with Gasteiger partial charge in [0.15, 0.2) is 0 Å². The number of esters is 1. The number of carboxylic acids is 2. The maximum Gasteiger partial charge on any atom is 0.307 e. The van der Waals surface area contributed by atoms with E-state index >= 15 is 0 Å². The lowest BCUT2D eigenvalue weighted by Gasteiger charge is -2.14. The summed E-state index contributed by atoms with van der Waals surface area (Å²) >= 11 is 0. The third kappa shape index (κ3) is 8.98. The summed E-state index contributed by atoms with van der Waals surface area (Å²) in [6.07, 6.45) is 0.486. The summed E-state index contributed by atoms with van der Waals surface area (Å²) in [6, 6.07) is 0. The van der Waals surface area contributed by atoms with Crippen molar-refractivity contribution in [1.29, 1.82) is 0 Å². The van der Waals surface area contributed by atoms with E-state index in [9.17, 15) is 14.4 Å². The molecule has 0 rings (SSSR count). The van der Waals surface area contributed by atoms with Crippen LogP contribution in [0, 0.1) is 0 Å². The van der Waals surface area contributed by atoms with Crippen molar-refractivity contribution in [2.75, 3.05) is 0 Å². The summed E-state index contributed by atoms with van der Waals surface area (Å²) in [5, 5.41) is 16.9. The number of unbranched alkanes of at least 4 members (excludes halogenated alkanes) is 1. The quantitative estimate of drug-likeness (QED) is 0.479. The summed E-state index contributed by atoms with van der Waals surface area (Å²) in [5.41, 5.74) is 0. The molecular formula is C10H16O6. The first-order valence-corrected chi connectivity index (χ1v) is 5.02. The number of aliphatic carboxylic acids is 2. The van der Waals surface area contributed by atoms with Gasteiger partial charge in [-0.25, -0.2) is 0 Å². The fraction of sp³-hybridized carbons (Fsp3) is 0.700. The highest BCUT2D eigenvalue weighted by Gasteiger charge is 2.15. The molecule has 0 saturated carbocycles. The van der Waals surface area contributed by atoms with E-state index in [2.05, 4.69) is 0 Å². The van der Waals surface area contributed by atoms with Gasteiger partial charge in [0.05, 0.1) is 6.42 Å². The molecule has 0 aliphatic carbocycles. The van der Waals surface area contributed by atoms with Gasteiger partial charge in [-0.3, -0.25) is 14.4 Å². The predicted octanol–water partition coefficient (Wildman–Crippen LogP) is 1.04. The Kier molecular flexibility index (Phi) is 6.91. The van der Waals surface area contributed by atoms with Gasteiger partial charge >= 0.3 is 17.9 Å². The zero-order chi connectivity index (χ0) is 12.6. The fourth-order valence-electron chi connectivity index (χ4n) is 1.28. The number of carbonyl (C=O) groups excluding carboxylic acids is 1. The van der Waals surface area contributed by atoms with Gasteiger partial charge in [0.25, 0.3) is 0 Å². The standard InChI is InChI=1S/C10H16O6/c1-7(11)16-8(6-10(14)15)4-2-3-5-9(12)13/h8H,2-6H2,1H3,(H,12,13)(H,14,15). The smallest absolute Gasteiger partial charge is 0.307 e. The van der Waals surface area contributed by atoms with E-state index in [4.69, 9.17) is 14.9 Å². The Morgan fingerprint density at radius 2 is 1.75 bits per heavy atom. The van der Waals surface area contributed by atoms with E-state index in [0.29, 0.717) is 19.3 Å². The molecule has 0 aromatic carbocycles. The molecular weight excluding hydrogens is 216 g/mol. The number of ether oxygens (including phenoxy) is 1. The molecule has 0 aromatic heterocycles. The van der Waals surface area contributed by atoms with Crippen LogP contribution in [0.15, 0.2) is 0 Å². The van der Waals surface area contributed by atoms with Gasteiger partial charge in [-0.2, -0.15) is 0 Å². The third-order valence-corrected chi connectivity index (χ3v) is 1.90. The monoisotopic (exact) mass is 232 g/mol. The summed E-state index contributed by atoms with van der Waals surface area (Å²) in [7, 11) is 0. The maximum atomic E-state index is 10.7. The molecule has 0 radical (unpaired) electrons. The van der Waals surface area contributed by atoms with Crippen LogP contribution >= 0.6 is 0 Å². The number of carbonyl (C=O) groups is 3. The molecule has 0 bridgehead atoms. The van der Waals surface area contributed by atoms with Crippen molar-refractivity contribution in [3.05, 3.63) is 0 Å². The molecule has 0 aromatic rings. The summed E-state index contributed by atoms with van der Waals surface area (Å²) in [6.45, 7) is 1.21. The average molecular weight is 232 g/mol. The van der Waals surface area contributed by atoms with Gasteiger partial charge in [-0.05, 0) is 19.3 Å². The SMILES string of the molecule is CC(=O)OC(CCCCC(=O)O)CC(=O)O. The van der Waals surface area contributed by atoms with E-state index in [-0.39, 0.29) is 12.8 Å². The van der Waals surface area contributed by atoms with Gasteiger partial charge in [0.2, 0.25) is 0 Å². The molecule has 0 aliphatic rings. The highest BCUT2D eigenvalue weighted by molar-refractivity contribution is 5.69. The molecule has 0 amide bonds. The molecule has 0 aliphatic heterocycles. The highest BCUT2D eigenvalue weighted by Crippen LogP contribution is 2.10. The Balaban J connectivity index is 3.86. The first-order chi connectivity index (χ1) is 7.41. The average Bonchev–Trinajstić information content (AvgIpc) is 2.09. The minimum Gasteiger partial charge on any atom is -0.481 e. The van der Waals surface area contributed by atoms with Crippen molar-refractivity contribution in [2.45, 2.75) is 45.1 Å². The molecule has 0 fully saturated rings. The Labute approximate surface area is 93.2 Å². The first-order valence-electron chi connectivity index (χ1n) is 5.02. The summed E-state index contributed by atoms with van der Waals surface area (Å²) in [4.78, 5) is 31.3. The molecule has 1 unspecified atom stereocenters. The number of carboxylic acid groups (broad SMARTS) is 2. The third-order valence-electron chi connectivity index (χ3n) is 1.90. The van der Waals surface area contributed by atoms with E-state index in [1.54, 1.807) is 0 Å². The fourth-order valence-corrected chi connectivity index (χ4v) is 1.28. The van der Waals surface area contributed by atoms with E-state index in [1.165, 1.54) is 6.92 Å². The van der Waals surface area contributed by atoms with Crippen molar-refractivity contribution in [3.63, 3.8) is 0 Å². The molecule has 0 heterocycles. The van der Waals surface area contributed by atoms with E-state index in [0.717, 1.165) is 0 Å². The van der Waals surface area contributed by atoms with Crippen LogP contribution in [-0.2, 0) is 19.1 Å². The number of hydrogen-bond acceptors (Lipinski definition) is 4. The van der Waals surface area contributed by atoms with Crippen LogP contribution in [0.4, 0.5) is 0 Å². The van der Waals surface area contributed by atoms with Gasteiger partial charge in [0.1, 0.15) is 6.10 Å². The van der Waals surface area contributed by atoms with Crippen LogP contribution in [0.2, 0.25) is 0 Å². The van der Waals surface area contributed by atoms with Gasteiger partial charge in [0, 0.05) is 13.3 Å². The first kappa shape index (κ1) is 14.4. The predicted molar refractivity (Wildman–Crippen MR) is 53.9 cm³/mol. The minimum atomic E-state index is -1.04. The second-order valence-electron chi connectivity index (χ2n) is 3.47. The molecule has 6 heteroatoms. The lowest BCUT2D eigenvalue weighted by atomic mass is 10.1. The largest absolute Gasteiger partial charge is 0.481 e. The molecule has 0 saturated heterocycles. The molecule has 92 valence electrons.